The van der Waals surface area contributed by atoms with E-state index in [-0.39, 0.29) is 24.4 Å². The molecule has 2 rings (SSSR count). The molecular weight excluding hydrogens is 253 g/mol. The van der Waals surface area contributed by atoms with Crippen LogP contribution in [-0.4, -0.2) is 5.78 Å². The molecule has 0 aliphatic rings. The van der Waals surface area contributed by atoms with E-state index in [1.165, 1.54) is 24.3 Å². The van der Waals surface area contributed by atoms with E-state index in [0.717, 1.165) is 18.2 Å². The van der Waals surface area contributed by atoms with Crippen molar-refractivity contribution in [1.82, 2.24) is 0 Å². The summed E-state index contributed by atoms with van der Waals surface area (Å²) in [4.78, 5) is 11.8. The molecule has 0 aromatic heterocycles. The van der Waals surface area contributed by atoms with Crippen LogP contribution in [-0.2, 0) is 17.6 Å². The number of carbonyl (C=O) groups is 1. The molecule has 0 spiro atoms. The van der Waals surface area contributed by atoms with Gasteiger partial charge in [0.05, 0.1) is 0 Å². The standard InChI is InChI=1S/C15H11F3O/c16-12-3-1-10(2-4-12)7-15(19)8-11-5-13(17)9-14(18)6-11/h1-6,9H,7-8H2. The molecule has 98 valence electrons. The topological polar surface area (TPSA) is 17.1 Å². The van der Waals surface area contributed by atoms with Crippen molar-refractivity contribution in [2.75, 3.05) is 0 Å². The van der Waals surface area contributed by atoms with E-state index < -0.39 is 11.6 Å². The van der Waals surface area contributed by atoms with Crippen LogP contribution in [0, 0.1) is 17.5 Å². The SMILES string of the molecule is O=C(Cc1ccc(F)cc1)Cc1cc(F)cc(F)c1. The average Bonchev–Trinajstić information content (AvgIpc) is 2.30. The van der Waals surface area contributed by atoms with E-state index in [4.69, 9.17) is 0 Å². The second-order valence-electron chi connectivity index (χ2n) is 4.30. The van der Waals surface area contributed by atoms with Gasteiger partial charge in [-0.1, -0.05) is 12.1 Å². The van der Waals surface area contributed by atoms with Gasteiger partial charge < -0.3 is 0 Å². The molecule has 0 saturated heterocycles. The van der Waals surface area contributed by atoms with Gasteiger partial charge in [-0.2, -0.15) is 0 Å². The summed E-state index contributed by atoms with van der Waals surface area (Å²) < 4.78 is 38.6. The Morgan fingerprint density at radius 2 is 1.26 bits per heavy atom. The van der Waals surface area contributed by atoms with Crippen molar-refractivity contribution in [3.8, 4) is 0 Å². The maximum atomic E-state index is 13.0. The van der Waals surface area contributed by atoms with Crippen LogP contribution in [0.15, 0.2) is 42.5 Å². The summed E-state index contributed by atoms with van der Waals surface area (Å²) in [6, 6.07) is 8.58. The van der Waals surface area contributed by atoms with Crippen LogP contribution >= 0.6 is 0 Å². The van der Waals surface area contributed by atoms with Crippen molar-refractivity contribution in [3.63, 3.8) is 0 Å². The number of Topliss-reactive ketones (excluding diaryl/α,β-unsaturated/α-hetero) is 1. The molecular formula is C15H11F3O. The lowest BCUT2D eigenvalue weighted by molar-refractivity contribution is -0.117. The lowest BCUT2D eigenvalue weighted by Gasteiger charge is -2.03. The van der Waals surface area contributed by atoms with Gasteiger partial charge in [-0.25, -0.2) is 13.2 Å². The molecule has 2 aromatic carbocycles. The van der Waals surface area contributed by atoms with Gasteiger partial charge in [-0.15, -0.1) is 0 Å². The minimum Gasteiger partial charge on any atom is -0.299 e. The van der Waals surface area contributed by atoms with Gasteiger partial charge in [0.25, 0.3) is 0 Å². The number of rotatable bonds is 4. The number of carbonyl (C=O) groups excluding carboxylic acids is 1. The van der Waals surface area contributed by atoms with Crippen LogP contribution in [0.3, 0.4) is 0 Å². The van der Waals surface area contributed by atoms with Gasteiger partial charge in [-0.05, 0) is 35.4 Å². The molecule has 0 aliphatic heterocycles. The number of hydrogen-bond donors (Lipinski definition) is 0. The van der Waals surface area contributed by atoms with Crippen molar-refractivity contribution in [2.24, 2.45) is 0 Å². The van der Waals surface area contributed by atoms with Crippen molar-refractivity contribution in [2.45, 2.75) is 12.8 Å². The van der Waals surface area contributed by atoms with Crippen molar-refractivity contribution in [3.05, 3.63) is 71.0 Å². The molecule has 19 heavy (non-hydrogen) atoms. The molecule has 0 bridgehead atoms. The summed E-state index contributed by atoms with van der Waals surface area (Å²) in [5.74, 6) is -1.96. The van der Waals surface area contributed by atoms with E-state index in [0.29, 0.717) is 11.1 Å². The Hall–Kier alpha value is -2.10. The van der Waals surface area contributed by atoms with Gasteiger partial charge in [-0.3, -0.25) is 4.79 Å². The Balaban J connectivity index is 2.03. The zero-order valence-electron chi connectivity index (χ0n) is 10.00. The van der Waals surface area contributed by atoms with Gasteiger partial charge in [0, 0.05) is 18.9 Å². The van der Waals surface area contributed by atoms with E-state index in [1.54, 1.807) is 0 Å². The van der Waals surface area contributed by atoms with Crippen LogP contribution in [0.4, 0.5) is 13.2 Å². The zero-order valence-corrected chi connectivity index (χ0v) is 10.00. The Labute approximate surface area is 108 Å². The molecule has 0 saturated carbocycles. The Kier molecular flexibility index (Phi) is 4.00. The zero-order chi connectivity index (χ0) is 13.8. The summed E-state index contributed by atoms with van der Waals surface area (Å²) in [7, 11) is 0. The first-order valence-corrected chi connectivity index (χ1v) is 5.74. The highest BCUT2D eigenvalue weighted by atomic mass is 19.1. The average molecular weight is 264 g/mol. The molecule has 0 amide bonds. The highest BCUT2D eigenvalue weighted by Gasteiger charge is 2.08. The van der Waals surface area contributed by atoms with Crippen LogP contribution < -0.4 is 0 Å². The third-order valence-electron chi connectivity index (χ3n) is 2.64. The van der Waals surface area contributed by atoms with Crippen molar-refractivity contribution >= 4 is 5.78 Å². The fraction of sp³-hybridized carbons (Fsp3) is 0.133. The second kappa shape index (κ2) is 5.69. The molecule has 0 unspecified atom stereocenters. The van der Waals surface area contributed by atoms with E-state index in [1.807, 2.05) is 0 Å². The Morgan fingerprint density at radius 1 is 0.737 bits per heavy atom. The maximum Gasteiger partial charge on any atom is 0.141 e. The third-order valence-corrected chi connectivity index (χ3v) is 2.64. The molecule has 0 atom stereocenters. The van der Waals surface area contributed by atoms with Crippen molar-refractivity contribution in [1.29, 1.82) is 0 Å². The summed E-state index contributed by atoms with van der Waals surface area (Å²) in [6.07, 6.45) is 0.0600. The predicted octanol–water partition coefficient (Wildman–Crippen LogP) is 3.46. The molecule has 2 aromatic rings. The summed E-state index contributed by atoms with van der Waals surface area (Å²) in [5.41, 5.74) is 0.966. The van der Waals surface area contributed by atoms with Crippen LogP contribution in [0.5, 0.6) is 0 Å². The van der Waals surface area contributed by atoms with E-state index in [2.05, 4.69) is 0 Å². The second-order valence-corrected chi connectivity index (χ2v) is 4.30. The monoisotopic (exact) mass is 264 g/mol. The number of benzene rings is 2. The first-order chi connectivity index (χ1) is 9.02. The molecule has 4 heteroatoms. The van der Waals surface area contributed by atoms with E-state index in [9.17, 15) is 18.0 Å². The first-order valence-electron chi connectivity index (χ1n) is 5.74. The van der Waals surface area contributed by atoms with E-state index >= 15 is 0 Å². The highest BCUT2D eigenvalue weighted by Crippen LogP contribution is 2.11. The maximum absolute atomic E-state index is 13.0. The van der Waals surface area contributed by atoms with Gasteiger partial charge in [0.15, 0.2) is 0 Å². The Bertz CT molecular complexity index is 571. The molecule has 1 nitrogen and oxygen atoms in total. The molecule has 0 radical (unpaired) electrons. The minimum atomic E-state index is -0.704. The van der Waals surface area contributed by atoms with Crippen molar-refractivity contribution < 1.29 is 18.0 Å². The normalized spacial score (nSPS) is 10.5. The van der Waals surface area contributed by atoms with Gasteiger partial charge in [0.1, 0.15) is 23.2 Å². The largest absolute Gasteiger partial charge is 0.299 e. The highest BCUT2D eigenvalue weighted by molar-refractivity contribution is 5.83. The fourth-order valence-electron chi connectivity index (χ4n) is 1.83. The smallest absolute Gasteiger partial charge is 0.141 e. The van der Waals surface area contributed by atoms with Crippen LogP contribution in [0.25, 0.3) is 0 Å². The third kappa shape index (κ3) is 3.95. The first kappa shape index (κ1) is 13.3. The molecule has 0 aliphatic carbocycles. The lowest BCUT2D eigenvalue weighted by atomic mass is 10.0. The lowest BCUT2D eigenvalue weighted by Crippen LogP contribution is -2.07. The van der Waals surface area contributed by atoms with Crippen LogP contribution in [0.1, 0.15) is 11.1 Å². The predicted molar refractivity (Wildman–Crippen MR) is 65.2 cm³/mol. The molecule has 0 heterocycles. The Morgan fingerprint density at radius 3 is 1.84 bits per heavy atom. The number of ketones is 1. The van der Waals surface area contributed by atoms with Crippen LogP contribution in [0.2, 0.25) is 0 Å². The summed E-state index contributed by atoms with van der Waals surface area (Å²) >= 11 is 0. The van der Waals surface area contributed by atoms with Gasteiger partial charge in [0.2, 0.25) is 0 Å². The fourth-order valence-corrected chi connectivity index (χ4v) is 1.83. The quantitative estimate of drug-likeness (QED) is 0.826. The number of halogens is 3. The van der Waals surface area contributed by atoms with Gasteiger partial charge >= 0.3 is 0 Å². The molecule has 0 N–H and O–H groups in total. The summed E-state index contributed by atoms with van der Waals surface area (Å²) in [5, 5.41) is 0. The summed E-state index contributed by atoms with van der Waals surface area (Å²) in [6.45, 7) is 0. The number of hydrogen-bond acceptors (Lipinski definition) is 1. The minimum absolute atomic E-state index is 0.0495. The molecule has 0 fully saturated rings.